The first-order valence-electron chi connectivity index (χ1n) is 9.80. The minimum Gasteiger partial charge on any atom is -0.457 e. The van der Waals surface area contributed by atoms with E-state index in [0.29, 0.717) is 32.2 Å². The third-order valence-corrected chi connectivity index (χ3v) is 18.2. The second kappa shape index (κ2) is 10.1. The van der Waals surface area contributed by atoms with Crippen LogP contribution in [0.1, 0.15) is 67.9 Å². The van der Waals surface area contributed by atoms with Crippen LogP contribution in [0.5, 0.6) is 0 Å². The molecule has 0 unspecified atom stereocenters. The Morgan fingerprint density at radius 2 is 1.50 bits per heavy atom. The molecule has 0 aliphatic heterocycles. The molecule has 0 heterocycles. The Kier molecular flexibility index (Phi) is 9.20. The smallest absolute Gasteiger partial charge is 0.331 e. The fourth-order valence-corrected chi connectivity index (χ4v) is 13.7. The third-order valence-electron chi connectivity index (χ3n) is 4.88. The predicted molar refractivity (Wildman–Crippen MR) is 128 cm³/mol. The summed E-state index contributed by atoms with van der Waals surface area (Å²) < 4.78 is 5.30. The first kappa shape index (κ1) is 25.6. The Labute approximate surface area is 186 Å². The van der Waals surface area contributed by atoms with Crippen LogP contribution in [0.4, 0.5) is 0 Å². The predicted octanol–water partition coefficient (Wildman–Crippen LogP) is 8.62. The molecule has 1 rings (SSSR count). The highest BCUT2D eigenvalue weighted by atomic mass is 35.5. The fourth-order valence-electron chi connectivity index (χ4n) is 3.79. The van der Waals surface area contributed by atoms with Crippen molar-refractivity contribution < 1.29 is 9.53 Å². The van der Waals surface area contributed by atoms with Gasteiger partial charge >= 0.3 is 5.97 Å². The molecular weight excluding hydrogens is 427 g/mol. The van der Waals surface area contributed by atoms with Crippen LogP contribution in [0.2, 0.25) is 26.7 Å². The minimum atomic E-state index is -1.72. The van der Waals surface area contributed by atoms with Gasteiger partial charge in [0.25, 0.3) is 0 Å². The molecule has 0 saturated heterocycles. The van der Waals surface area contributed by atoms with Gasteiger partial charge < -0.3 is 4.74 Å². The lowest BCUT2D eigenvalue weighted by atomic mass is 10.2. The van der Waals surface area contributed by atoms with E-state index in [9.17, 15) is 4.79 Å². The van der Waals surface area contributed by atoms with Gasteiger partial charge in [0.15, 0.2) is 0 Å². The molecule has 0 fully saturated rings. The fraction of sp³-hybridized carbons (Fsp3) is 0.591. The molecule has 0 aliphatic rings. The lowest BCUT2D eigenvalue weighted by Gasteiger charge is -2.42. The SMILES string of the molecule is CC(C)[Si](Sc1ccc(C=CC(=O)OC(C)(C)C)c(Cl)c1Cl)(C(C)C)C(C)C. The zero-order valence-corrected chi connectivity index (χ0v) is 21.9. The maximum absolute atomic E-state index is 11.9. The van der Waals surface area contributed by atoms with Crippen molar-refractivity contribution in [1.82, 2.24) is 0 Å². The van der Waals surface area contributed by atoms with Gasteiger partial charge in [-0.15, -0.1) is 11.2 Å². The van der Waals surface area contributed by atoms with E-state index in [1.54, 1.807) is 6.08 Å². The van der Waals surface area contributed by atoms with E-state index >= 15 is 0 Å². The molecular formula is C22H34Cl2O2SSi. The second-order valence-electron chi connectivity index (χ2n) is 9.07. The van der Waals surface area contributed by atoms with E-state index in [4.69, 9.17) is 27.9 Å². The maximum atomic E-state index is 11.9. The number of carbonyl (C=O) groups is 1. The van der Waals surface area contributed by atoms with Crippen LogP contribution in [0, 0.1) is 0 Å². The van der Waals surface area contributed by atoms with Crippen LogP contribution < -0.4 is 0 Å². The number of esters is 1. The lowest BCUT2D eigenvalue weighted by molar-refractivity contribution is -0.148. The van der Waals surface area contributed by atoms with Crippen molar-refractivity contribution in [2.24, 2.45) is 0 Å². The van der Waals surface area contributed by atoms with E-state index in [-0.39, 0.29) is 0 Å². The molecule has 0 bridgehead atoms. The molecule has 0 atom stereocenters. The van der Waals surface area contributed by atoms with Gasteiger partial charge in [-0.25, -0.2) is 4.79 Å². The van der Waals surface area contributed by atoms with Crippen LogP contribution in [-0.4, -0.2) is 18.8 Å². The molecule has 0 aromatic heterocycles. The van der Waals surface area contributed by atoms with E-state index in [1.165, 1.54) is 6.08 Å². The van der Waals surface area contributed by atoms with Crippen molar-refractivity contribution in [1.29, 1.82) is 0 Å². The average Bonchev–Trinajstić information content (AvgIpc) is 2.52. The topological polar surface area (TPSA) is 26.3 Å². The molecule has 0 spiro atoms. The zero-order chi connectivity index (χ0) is 21.9. The maximum Gasteiger partial charge on any atom is 0.331 e. The van der Waals surface area contributed by atoms with Gasteiger partial charge in [-0.2, -0.15) is 0 Å². The number of rotatable bonds is 7. The number of carbonyl (C=O) groups excluding carboxylic acids is 1. The number of hydrogen-bond acceptors (Lipinski definition) is 3. The van der Waals surface area contributed by atoms with E-state index in [2.05, 4.69) is 41.5 Å². The highest BCUT2D eigenvalue weighted by molar-refractivity contribution is 8.29. The third kappa shape index (κ3) is 6.29. The van der Waals surface area contributed by atoms with Gasteiger partial charge in [0.05, 0.1) is 10.0 Å². The van der Waals surface area contributed by atoms with E-state index in [0.717, 1.165) is 4.90 Å². The number of halogens is 2. The molecule has 0 radical (unpaired) electrons. The largest absolute Gasteiger partial charge is 0.457 e. The Bertz CT molecular complexity index is 700. The van der Waals surface area contributed by atoms with Crippen molar-refractivity contribution in [3.63, 3.8) is 0 Å². The summed E-state index contributed by atoms with van der Waals surface area (Å²) in [7, 11) is -1.72. The quantitative estimate of drug-likeness (QED) is 0.231. The van der Waals surface area contributed by atoms with E-state index < -0.39 is 18.8 Å². The minimum absolute atomic E-state index is 0.399. The van der Waals surface area contributed by atoms with Crippen molar-refractivity contribution in [2.75, 3.05) is 0 Å². The van der Waals surface area contributed by atoms with Crippen molar-refractivity contribution in [3.8, 4) is 0 Å². The van der Waals surface area contributed by atoms with Crippen LogP contribution >= 0.6 is 34.4 Å². The van der Waals surface area contributed by atoms with Gasteiger partial charge in [-0.05, 0) is 55.1 Å². The summed E-state index contributed by atoms with van der Waals surface area (Å²) in [6.07, 6.45) is 3.06. The molecule has 2 nitrogen and oxygen atoms in total. The highest BCUT2D eigenvalue weighted by Crippen LogP contribution is 2.53. The van der Waals surface area contributed by atoms with Gasteiger partial charge in [0.1, 0.15) is 12.8 Å². The summed E-state index contributed by atoms with van der Waals surface area (Å²) in [6, 6.07) is 3.96. The highest BCUT2D eigenvalue weighted by Gasteiger charge is 2.44. The summed E-state index contributed by atoms with van der Waals surface area (Å²) in [5.74, 6) is -0.399. The summed E-state index contributed by atoms with van der Waals surface area (Å²) in [5.41, 5.74) is 2.02. The van der Waals surface area contributed by atoms with E-state index in [1.807, 2.05) is 44.1 Å². The molecule has 0 amide bonds. The summed E-state index contributed by atoms with van der Waals surface area (Å²) in [4.78, 5) is 13.0. The number of benzene rings is 1. The van der Waals surface area contributed by atoms with Crippen LogP contribution in [-0.2, 0) is 9.53 Å². The van der Waals surface area contributed by atoms with Gasteiger partial charge in [-0.1, -0.05) is 70.8 Å². The molecule has 0 aliphatic carbocycles. The molecule has 1 aromatic rings. The van der Waals surface area contributed by atoms with Crippen LogP contribution in [0.25, 0.3) is 6.08 Å². The monoisotopic (exact) mass is 460 g/mol. The molecule has 6 heteroatoms. The number of ether oxygens (including phenoxy) is 1. The van der Waals surface area contributed by atoms with Gasteiger partial charge in [-0.3, -0.25) is 0 Å². The molecule has 28 heavy (non-hydrogen) atoms. The standard InChI is InChI=1S/C22H34Cl2O2SSi/c1-14(2)28(15(3)4,16(5)6)27-18-12-10-17(20(23)21(18)24)11-13-19(25)26-22(7,8)9/h10-16H,1-9H3. The summed E-state index contributed by atoms with van der Waals surface area (Å²) in [6.45, 7) is 19.5. The molecule has 0 N–H and O–H groups in total. The molecule has 0 saturated carbocycles. The normalized spacial score (nSPS) is 13.2. The average molecular weight is 462 g/mol. The van der Waals surface area contributed by atoms with Crippen LogP contribution in [0.15, 0.2) is 23.1 Å². The Morgan fingerprint density at radius 3 is 1.93 bits per heavy atom. The van der Waals surface area contributed by atoms with Gasteiger partial charge in [0, 0.05) is 11.0 Å². The van der Waals surface area contributed by atoms with Crippen molar-refractivity contribution >= 4 is 53.7 Å². The lowest BCUT2D eigenvalue weighted by Crippen LogP contribution is -2.41. The second-order valence-corrected chi connectivity index (χ2v) is 18.4. The Balaban J connectivity index is 3.20. The molecule has 1 aromatic carbocycles. The Morgan fingerprint density at radius 1 is 1.00 bits per heavy atom. The van der Waals surface area contributed by atoms with Crippen molar-refractivity contribution in [3.05, 3.63) is 33.8 Å². The van der Waals surface area contributed by atoms with Gasteiger partial charge in [0.2, 0.25) is 0 Å². The zero-order valence-electron chi connectivity index (χ0n) is 18.5. The first-order valence-corrected chi connectivity index (χ1v) is 14.3. The first-order chi connectivity index (χ1) is 12.7. The Hall–Kier alpha value is -0.423. The van der Waals surface area contributed by atoms with Crippen LogP contribution in [0.3, 0.4) is 0 Å². The molecule has 158 valence electrons. The summed E-state index contributed by atoms with van der Waals surface area (Å²) >= 11 is 15.2. The van der Waals surface area contributed by atoms with Crippen molar-refractivity contribution in [2.45, 2.75) is 89.4 Å². The number of hydrogen-bond donors (Lipinski definition) is 0. The summed E-state index contributed by atoms with van der Waals surface area (Å²) in [5, 5.41) is 1.04.